The molecule has 0 saturated carbocycles. The van der Waals surface area contributed by atoms with Gasteiger partial charge in [-0.1, -0.05) is 90.3 Å². The zero-order chi connectivity index (χ0) is 36.5. The zero-order valence-corrected chi connectivity index (χ0v) is 32.5. The van der Waals surface area contributed by atoms with E-state index in [1.807, 2.05) is 54.3 Å². The van der Waals surface area contributed by atoms with Gasteiger partial charge in [-0.3, -0.25) is 9.69 Å². The van der Waals surface area contributed by atoms with E-state index < -0.39 is 0 Å². The van der Waals surface area contributed by atoms with Crippen molar-refractivity contribution in [3.8, 4) is 23.1 Å². The SMILES string of the molecule is Cc1ccc(OCC(C)c2ccc(CN3CCN(C(=O)/C=C/c4cc(C)c(Oc5ccc(OCc6ccccc6Cl)cn5)c(Cl)c4)CC3)cc2)cc1.Cl. The van der Waals surface area contributed by atoms with Crippen molar-refractivity contribution in [3.63, 3.8) is 0 Å². The van der Waals surface area contributed by atoms with Gasteiger partial charge >= 0.3 is 0 Å². The molecule has 6 rings (SSSR count). The molecule has 4 aromatic carbocycles. The normalized spacial score (nSPS) is 13.7. The maximum Gasteiger partial charge on any atom is 0.246 e. The molecule has 1 aromatic heterocycles. The molecule has 7 nitrogen and oxygen atoms in total. The van der Waals surface area contributed by atoms with Crippen molar-refractivity contribution in [1.82, 2.24) is 14.8 Å². The van der Waals surface area contributed by atoms with E-state index in [2.05, 4.69) is 60.1 Å². The van der Waals surface area contributed by atoms with Gasteiger partial charge < -0.3 is 19.1 Å². The van der Waals surface area contributed by atoms with Crippen molar-refractivity contribution in [2.75, 3.05) is 32.8 Å². The highest BCUT2D eigenvalue weighted by Crippen LogP contribution is 2.34. The molecule has 0 aliphatic carbocycles. The number of benzene rings is 4. The quantitative estimate of drug-likeness (QED) is 0.111. The smallest absolute Gasteiger partial charge is 0.246 e. The van der Waals surface area contributed by atoms with Crippen LogP contribution in [-0.4, -0.2) is 53.5 Å². The monoisotopic (exact) mass is 771 g/mol. The van der Waals surface area contributed by atoms with E-state index in [1.54, 1.807) is 36.5 Å². The Hall–Kier alpha value is -4.53. The first-order chi connectivity index (χ1) is 25.2. The van der Waals surface area contributed by atoms with Gasteiger partial charge in [-0.2, -0.15) is 0 Å². The van der Waals surface area contributed by atoms with Gasteiger partial charge in [0.25, 0.3) is 0 Å². The second-order valence-electron chi connectivity index (χ2n) is 13.2. The van der Waals surface area contributed by atoms with E-state index in [4.69, 9.17) is 37.4 Å². The number of carbonyl (C=O) groups is 1. The Morgan fingerprint density at radius 1 is 0.849 bits per heavy atom. The van der Waals surface area contributed by atoms with Crippen LogP contribution in [0.1, 0.15) is 46.2 Å². The maximum atomic E-state index is 13.1. The van der Waals surface area contributed by atoms with Crippen LogP contribution in [0.3, 0.4) is 0 Å². The number of nitrogens with zero attached hydrogens (tertiary/aromatic N) is 3. The lowest BCUT2D eigenvalue weighted by atomic mass is 10.0. The Labute approximate surface area is 328 Å². The lowest BCUT2D eigenvalue weighted by Crippen LogP contribution is -2.47. The highest BCUT2D eigenvalue weighted by molar-refractivity contribution is 6.32. The fourth-order valence-corrected chi connectivity index (χ4v) is 6.44. The summed E-state index contributed by atoms with van der Waals surface area (Å²) in [7, 11) is 0. The van der Waals surface area contributed by atoms with E-state index in [9.17, 15) is 4.79 Å². The predicted molar refractivity (Wildman–Crippen MR) is 216 cm³/mol. The van der Waals surface area contributed by atoms with Gasteiger partial charge in [0.15, 0.2) is 5.75 Å². The molecule has 5 aromatic rings. The molecule has 1 aliphatic heterocycles. The van der Waals surface area contributed by atoms with Crippen LogP contribution in [0.15, 0.2) is 109 Å². The zero-order valence-electron chi connectivity index (χ0n) is 30.1. The number of hydrogen-bond donors (Lipinski definition) is 0. The summed E-state index contributed by atoms with van der Waals surface area (Å²) in [5, 5.41) is 1.08. The number of aryl methyl sites for hydroxylation is 2. The van der Waals surface area contributed by atoms with Crippen LogP contribution in [0.5, 0.6) is 23.1 Å². The Balaban J connectivity index is 0.00000541. The molecule has 1 amide bonds. The topological polar surface area (TPSA) is 64.1 Å². The minimum absolute atomic E-state index is 0. The molecule has 0 radical (unpaired) electrons. The number of pyridine rings is 1. The fourth-order valence-electron chi connectivity index (χ4n) is 5.94. The van der Waals surface area contributed by atoms with E-state index in [0.717, 1.165) is 42.1 Å². The summed E-state index contributed by atoms with van der Waals surface area (Å²) in [5.41, 5.74) is 6.29. The van der Waals surface area contributed by atoms with Crippen LogP contribution in [-0.2, 0) is 17.9 Å². The molecule has 10 heteroatoms. The van der Waals surface area contributed by atoms with Crippen molar-refractivity contribution < 1.29 is 19.0 Å². The Kier molecular flexibility index (Phi) is 14.2. The number of ether oxygens (including phenoxy) is 3. The molecule has 0 N–H and O–H groups in total. The van der Waals surface area contributed by atoms with Crippen molar-refractivity contribution in [3.05, 3.63) is 153 Å². The largest absolute Gasteiger partial charge is 0.493 e. The van der Waals surface area contributed by atoms with Gasteiger partial charge in [-0.05, 0) is 78.6 Å². The summed E-state index contributed by atoms with van der Waals surface area (Å²) in [6.45, 7) is 11.0. The van der Waals surface area contributed by atoms with Gasteiger partial charge in [0.05, 0.1) is 17.8 Å². The van der Waals surface area contributed by atoms with Crippen molar-refractivity contribution in [2.24, 2.45) is 0 Å². The van der Waals surface area contributed by atoms with Gasteiger partial charge in [-0.25, -0.2) is 4.98 Å². The van der Waals surface area contributed by atoms with E-state index in [1.165, 1.54) is 16.7 Å². The highest BCUT2D eigenvalue weighted by atomic mass is 35.5. The van der Waals surface area contributed by atoms with Crippen LogP contribution in [0, 0.1) is 13.8 Å². The molecule has 1 atom stereocenters. The second-order valence-corrected chi connectivity index (χ2v) is 14.0. The summed E-state index contributed by atoms with van der Waals surface area (Å²) in [6, 6.07) is 31.8. The van der Waals surface area contributed by atoms with Crippen molar-refractivity contribution in [2.45, 2.75) is 39.8 Å². The van der Waals surface area contributed by atoms with Crippen LogP contribution < -0.4 is 14.2 Å². The third kappa shape index (κ3) is 11.2. The number of amides is 1. The van der Waals surface area contributed by atoms with Crippen LogP contribution in [0.4, 0.5) is 0 Å². The fraction of sp³-hybridized carbons (Fsp3) is 0.256. The third-order valence-corrected chi connectivity index (χ3v) is 9.75. The first-order valence-electron chi connectivity index (χ1n) is 17.5. The molecule has 2 heterocycles. The maximum absolute atomic E-state index is 13.1. The number of rotatable bonds is 13. The molecule has 1 unspecified atom stereocenters. The van der Waals surface area contributed by atoms with Gasteiger partial charge in [0.2, 0.25) is 11.8 Å². The summed E-state index contributed by atoms with van der Waals surface area (Å²) >= 11 is 12.8. The minimum atomic E-state index is -0.0130. The number of carbonyl (C=O) groups excluding carboxylic acids is 1. The number of piperazine rings is 1. The van der Waals surface area contributed by atoms with Crippen LogP contribution >= 0.6 is 35.6 Å². The molecule has 0 spiro atoms. The molecule has 276 valence electrons. The summed E-state index contributed by atoms with van der Waals surface area (Å²) < 4.78 is 17.8. The average Bonchev–Trinajstić information content (AvgIpc) is 3.16. The minimum Gasteiger partial charge on any atom is -0.493 e. The van der Waals surface area contributed by atoms with E-state index in [0.29, 0.717) is 53.7 Å². The highest BCUT2D eigenvalue weighted by Gasteiger charge is 2.20. The first-order valence-corrected chi connectivity index (χ1v) is 18.2. The van der Waals surface area contributed by atoms with Crippen LogP contribution in [0.2, 0.25) is 10.0 Å². The van der Waals surface area contributed by atoms with E-state index in [-0.39, 0.29) is 24.2 Å². The average molecular weight is 773 g/mol. The Bertz CT molecular complexity index is 1960. The molecule has 1 saturated heterocycles. The summed E-state index contributed by atoms with van der Waals surface area (Å²) in [4.78, 5) is 21.7. The number of hydrogen-bond acceptors (Lipinski definition) is 6. The molecule has 1 aliphatic rings. The van der Waals surface area contributed by atoms with Gasteiger partial charge in [-0.15, -0.1) is 12.4 Å². The van der Waals surface area contributed by atoms with Crippen LogP contribution in [0.25, 0.3) is 6.08 Å². The number of aromatic nitrogens is 1. The Morgan fingerprint density at radius 2 is 1.57 bits per heavy atom. The Morgan fingerprint density at radius 3 is 2.25 bits per heavy atom. The van der Waals surface area contributed by atoms with Gasteiger partial charge in [0, 0.05) is 61.4 Å². The lowest BCUT2D eigenvalue weighted by Gasteiger charge is -2.34. The standard InChI is InChI=1S/C43H43Cl2N3O4.ClH/c1-30-8-15-37(16-9-30)50-28-32(3)35-13-10-33(11-14-35)27-47-20-22-48(23-21-47)42(49)19-12-34-24-31(2)43(40(45)25-34)52-41-18-17-38(26-46-41)51-29-36-6-4-5-7-39(36)44;/h4-19,24-26,32H,20-23,27-29H2,1-3H3;1H/b19-12+;. The summed E-state index contributed by atoms with van der Waals surface area (Å²) in [6.07, 6.45) is 5.02. The molecule has 53 heavy (non-hydrogen) atoms. The molecule has 0 bridgehead atoms. The summed E-state index contributed by atoms with van der Waals surface area (Å²) in [5.74, 6) is 2.67. The van der Waals surface area contributed by atoms with Crippen molar-refractivity contribution in [1.29, 1.82) is 0 Å². The van der Waals surface area contributed by atoms with E-state index >= 15 is 0 Å². The molecular formula is C43H44Cl3N3O4. The number of halogens is 3. The molecule has 1 fully saturated rings. The first kappa shape index (κ1) is 39.7. The third-order valence-electron chi connectivity index (χ3n) is 9.10. The predicted octanol–water partition coefficient (Wildman–Crippen LogP) is 10.3. The van der Waals surface area contributed by atoms with Gasteiger partial charge in [0.1, 0.15) is 18.1 Å². The lowest BCUT2D eigenvalue weighted by molar-refractivity contribution is -0.127. The molecular weight excluding hydrogens is 729 g/mol. The second kappa shape index (κ2) is 19.0. The van der Waals surface area contributed by atoms with Crippen molar-refractivity contribution >= 4 is 47.6 Å².